The zero-order valence-electron chi connectivity index (χ0n) is 5.09. The summed E-state index contributed by atoms with van der Waals surface area (Å²) in [5, 5.41) is 0. The average Bonchev–Trinajstić information content (AvgIpc) is 1.95. The molecule has 0 aromatic carbocycles. The van der Waals surface area contributed by atoms with E-state index in [1.807, 2.05) is 6.07 Å². The third-order valence-electron chi connectivity index (χ3n) is 0.984. The van der Waals surface area contributed by atoms with Crippen LogP contribution in [0.25, 0.3) is 6.08 Å². The molecule has 0 aliphatic rings. The Morgan fingerprint density at radius 3 is 2.80 bits per heavy atom. The van der Waals surface area contributed by atoms with E-state index in [1.165, 1.54) is 6.08 Å². The monoisotopic (exact) mass is 201 g/mol. The minimum atomic E-state index is 0.468. The van der Waals surface area contributed by atoms with E-state index in [-0.39, 0.29) is 0 Å². The Labute approximate surface area is 66.7 Å². The largest absolute Gasteiger partial charge is 0.256 e. The quantitative estimate of drug-likeness (QED) is 0.682. The zero-order chi connectivity index (χ0) is 7.40. The molecule has 0 N–H and O–H groups in total. The van der Waals surface area contributed by atoms with Gasteiger partial charge in [-0.05, 0) is 34.1 Å². The third-order valence-corrected chi connectivity index (χ3v) is 1.45. The molecule has 0 saturated carbocycles. The Hall–Kier alpha value is -0.700. The molecule has 1 heterocycles. The highest BCUT2D eigenvalue weighted by Crippen LogP contribution is 2.07. The van der Waals surface area contributed by atoms with Crippen molar-refractivity contribution in [2.24, 2.45) is 0 Å². The van der Waals surface area contributed by atoms with E-state index in [2.05, 4.69) is 20.9 Å². The fourth-order valence-corrected chi connectivity index (χ4v) is 0.785. The fourth-order valence-electron chi connectivity index (χ4n) is 0.550. The van der Waals surface area contributed by atoms with Crippen molar-refractivity contribution in [2.75, 3.05) is 0 Å². The standard InChI is InChI=1S/C7H5BrFN/c8-6-1-2-7(3-4-9)10-5-6/h1-5H/b4-3-. The summed E-state index contributed by atoms with van der Waals surface area (Å²) in [5.74, 6) is 0. The van der Waals surface area contributed by atoms with Crippen LogP contribution in [-0.4, -0.2) is 4.98 Å². The van der Waals surface area contributed by atoms with Gasteiger partial charge >= 0.3 is 0 Å². The minimum absolute atomic E-state index is 0.468. The molecule has 0 amide bonds. The molecule has 0 atom stereocenters. The smallest absolute Gasteiger partial charge is 0.0888 e. The fraction of sp³-hybridized carbons (Fsp3) is 0. The number of hydrogen-bond acceptors (Lipinski definition) is 1. The molecule has 0 aliphatic heterocycles. The van der Waals surface area contributed by atoms with Crippen molar-refractivity contribution < 1.29 is 4.39 Å². The molecular weight excluding hydrogens is 197 g/mol. The SMILES string of the molecule is F/C=C\c1ccc(Br)cn1. The van der Waals surface area contributed by atoms with E-state index in [0.717, 1.165) is 4.47 Å². The molecular formula is C7H5BrFN. The molecule has 0 fully saturated rings. The second-order valence-electron chi connectivity index (χ2n) is 1.69. The lowest BCUT2D eigenvalue weighted by Crippen LogP contribution is -1.76. The lowest BCUT2D eigenvalue weighted by Gasteiger charge is -1.89. The summed E-state index contributed by atoms with van der Waals surface area (Å²) in [6, 6.07) is 3.53. The first-order valence-corrected chi connectivity index (χ1v) is 3.50. The predicted octanol–water partition coefficient (Wildman–Crippen LogP) is 2.78. The summed E-state index contributed by atoms with van der Waals surface area (Å²) in [4.78, 5) is 3.89. The van der Waals surface area contributed by atoms with Crippen LogP contribution in [0.1, 0.15) is 5.69 Å². The van der Waals surface area contributed by atoms with Crippen molar-refractivity contribution >= 4 is 22.0 Å². The molecule has 1 aromatic rings. The topological polar surface area (TPSA) is 12.9 Å². The number of halogens is 2. The molecule has 0 bridgehead atoms. The Morgan fingerprint density at radius 1 is 1.50 bits per heavy atom. The number of nitrogens with zero attached hydrogens (tertiary/aromatic N) is 1. The second kappa shape index (κ2) is 3.46. The van der Waals surface area contributed by atoms with Gasteiger partial charge in [-0.3, -0.25) is 4.98 Å². The predicted molar refractivity (Wildman–Crippen MR) is 42.1 cm³/mol. The summed E-state index contributed by atoms with van der Waals surface area (Å²) < 4.78 is 12.4. The Bertz CT molecular complexity index is 230. The van der Waals surface area contributed by atoms with Crippen LogP contribution >= 0.6 is 15.9 Å². The van der Waals surface area contributed by atoms with Gasteiger partial charge in [-0.15, -0.1) is 0 Å². The Kier molecular flexibility index (Phi) is 2.57. The van der Waals surface area contributed by atoms with Gasteiger partial charge < -0.3 is 0 Å². The summed E-state index contributed by atoms with van der Waals surface area (Å²) in [5.41, 5.74) is 0.616. The molecule has 1 aromatic heterocycles. The molecule has 1 rings (SSSR count). The lowest BCUT2D eigenvalue weighted by atomic mass is 10.3. The number of pyridine rings is 1. The molecule has 52 valence electrons. The maximum absolute atomic E-state index is 11.5. The van der Waals surface area contributed by atoms with Gasteiger partial charge in [0.05, 0.1) is 12.0 Å². The van der Waals surface area contributed by atoms with E-state index in [9.17, 15) is 4.39 Å². The third kappa shape index (κ3) is 1.92. The van der Waals surface area contributed by atoms with Gasteiger partial charge in [0.1, 0.15) is 0 Å². The van der Waals surface area contributed by atoms with Gasteiger partial charge in [-0.2, -0.15) is 0 Å². The summed E-state index contributed by atoms with van der Waals surface area (Å²) in [6.45, 7) is 0. The van der Waals surface area contributed by atoms with Crippen LogP contribution in [0.3, 0.4) is 0 Å². The molecule has 3 heteroatoms. The molecule has 0 aliphatic carbocycles. The van der Waals surface area contributed by atoms with Gasteiger partial charge in [0.25, 0.3) is 0 Å². The van der Waals surface area contributed by atoms with Crippen LogP contribution in [0, 0.1) is 0 Å². The van der Waals surface area contributed by atoms with Gasteiger partial charge in [-0.1, -0.05) is 0 Å². The first-order chi connectivity index (χ1) is 4.83. The molecule has 0 saturated heterocycles. The maximum Gasteiger partial charge on any atom is 0.0888 e. The Balaban J connectivity index is 2.89. The molecule has 0 radical (unpaired) electrons. The van der Waals surface area contributed by atoms with Crippen LogP contribution in [0.15, 0.2) is 29.1 Å². The zero-order valence-corrected chi connectivity index (χ0v) is 6.68. The van der Waals surface area contributed by atoms with Crippen LogP contribution in [0.4, 0.5) is 4.39 Å². The van der Waals surface area contributed by atoms with Crippen LogP contribution < -0.4 is 0 Å². The van der Waals surface area contributed by atoms with Crippen molar-refractivity contribution in [3.05, 3.63) is 34.8 Å². The van der Waals surface area contributed by atoms with Crippen LogP contribution in [0.5, 0.6) is 0 Å². The summed E-state index contributed by atoms with van der Waals surface area (Å²) in [7, 11) is 0. The molecule has 10 heavy (non-hydrogen) atoms. The highest BCUT2D eigenvalue weighted by Gasteiger charge is 1.86. The average molecular weight is 202 g/mol. The maximum atomic E-state index is 11.5. The van der Waals surface area contributed by atoms with E-state index < -0.39 is 0 Å². The summed E-state index contributed by atoms with van der Waals surface area (Å²) >= 11 is 3.22. The van der Waals surface area contributed by atoms with E-state index in [0.29, 0.717) is 12.0 Å². The van der Waals surface area contributed by atoms with E-state index >= 15 is 0 Å². The normalized spacial score (nSPS) is 10.6. The number of aromatic nitrogens is 1. The highest BCUT2D eigenvalue weighted by molar-refractivity contribution is 9.10. The first kappa shape index (κ1) is 7.41. The lowest BCUT2D eigenvalue weighted by molar-refractivity contribution is 0.727. The minimum Gasteiger partial charge on any atom is -0.256 e. The van der Waals surface area contributed by atoms with Crippen LogP contribution in [0.2, 0.25) is 0 Å². The van der Waals surface area contributed by atoms with E-state index in [4.69, 9.17) is 0 Å². The van der Waals surface area contributed by atoms with Gasteiger partial charge in [-0.25, -0.2) is 4.39 Å². The van der Waals surface area contributed by atoms with Gasteiger partial charge in [0.15, 0.2) is 0 Å². The van der Waals surface area contributed by atoms with E-state index in [1.54, 1.807) is 12.3 Å². The molecule has 0 spiro atoms. The van der Waals surface area contributed by atoms with Gasteiger partial charge in [0.2, 0.25) is 0 Å². The van der Waals surface area contributed by atoms with Crippen LogP contribution in [-0.2, 0) is 0 Å². The van der Waals surface area contributed by atoms with Gasteiger partial charge in [0, 0.05) is 10.7 Å². The first-order valence-electron chi connectivity index (χ1n) is 2.71. The van der Waals surface area contributed by atoms with Crippen molar-refractivity contribution in [1.29, 1.82) is 0 Å². The van der Waals surface area contributed by atoms with Crippen molar-refractivity contribution in [3.63, 3.8) is 0 Å². The van der Waals surface area contributed by atoms with Crippen molar-refractivity contribution in [3.8, 4) is 0 Å². The highest BCUT2D eigenvalue weighted by atomic mass is 79.9. The Morgan fingerprint density at radius 2 is 2.30 bits per heavy atom. The number of hydrogen-bond donors (Lipinski definition) is 0. The second-order valence-corrected chi connectivity index (χ2v) is 2.61. The molecule has 0 unspecified atom stereocenters. The molecule has 1 nitrogen and oxygen atoms in total. The number of rotatable bonds is 1. The van der Waals surface area contributed by atoms with Crippen molar-refractivity contribution in [2.45, 2.75) is 0 Å². The van der Waals surface area contributed by atoms with Crippen molar-refractivity contribution in [1.82, 2.24) is 4.98 Å². The summed E-state index contributed by atoms with van der Waals surface area (Å²) in [6.07, 6.45) is 3.39.